The van der Waals surface area contributed by atoms with Gasteiger partial charge in [0.2, 0.25) is 5.89 Å². The van der Waals surface area contributed by atoms with E-state index in [1.54, 1.807) is 13.2 Å². The minimum absolute atomic E-state index is 0.0444. The van der Waals surface area contributed by atoms with Gasteiger partial charge < -0.3 is 14.6 Å². The van der Waals surface area contributed by atoms with Crippen LogP contribution in [0.1, 0.15) is 63.4 Å². The minimum Gasteiger partial charge on any atom is -0.443 e. The van der Waals surface area contributed by atoms with Crippen molar-refractivity contribution in [3.63, 3.8) is 0 Å². The zero-order valence-electron chi connectivity index (χ0n) is 17.3. The van der Waals surface area contributed by atoms with Gasteiger partial charge >= 0.3 is 0 Å². The maximum atomic E-state index is 5.83. The topological polar surface area (TPSA) is 71.5 Å². The van der Waals surface area contributed by atoms with E-state index in [4.69, 9.17) is 4.42 Å². The molecule has 0 radical (unpaired) electrons. The third-order valence-electron chi connectivity index (χ3n) is 4.16. The van der Waals surface area contributed by atoms with E-state index >= 15 is 0 Å². The molecule has 0 atom stereocenters. The van der Waals surface area contributed by atoms with E-state index in [9.17, 15) is 0 Å². The minimum atomic E-state index is -0.0444. The van der Waals surface area contributed by atoms with Crippen LogP contribution in [-0.4, -0.2) is 39.7 Å². The van der Waals surface area contributed by atoms with Crippen LogP contribution in [0.25, 0.3) is 0 Å². The van der Waals surface area contributed by atoms with Crippen molar-refractivity contribution in [3.8, 4) is 0 Å². The zero-order valence-corrected chi connectivity index (χ0v) is 17.3. The third kappa shape index (κ3) is 4.86. The average Bonchev–Trinajstić information content (AvgIpc) is 3.14. The Bertz CT molecular complexity index is 750. The summed E-state index contributed by atoms with van der Waals surface area (Å²) in [6, 6.07) is 0. The summed E-state index contributed by atoms with van der Waals surface area (Å²) in [5, 5.41) is 7.89. The molecule has 7 nitrogen and oxygen atoms in total. The molecule has 0 saturated heterocycles. The number of aliphatic imine (C=N–C) groups is 1. The van der Waals surface area contributed by atoms with Gasteiger partial charge in [-0.1, -0.05) is 34.6 Å². The Hall–Kier alpha value is -2.31. The van der Waals surface area contributed by atoms with E-state index in [0.717, 1.165) is 24.0 Å². The second-order valence-corrected chi connectivity index (χ2v) is 7.99. The molecule has 26 heavy (non-hydrogen) atoms. The quantitative estimate of drug-likeness (QED) is 0.655. The molecule has 7 heteroatoms. The number of aromatic nitrogens is 3. The van der Waals surface area contributed by atoms with Crippen molar-refractivity contribution in [3.05, 3.63) is 35.3 Å². The number of oxazole rings is 1. The predicted octanol–water partition coefficient (Wildman–Crippen LogP) is 3.04. The number of nitrogens with zero attached hydrogens (tertiary/aromatic N) is 5. The zero-order chi connectivity index (χ0) is 19.5. The molecule has 0 saturated carbocycles. The lowest BCUT2D eigenvalue weighted by atomic mass is 9.94. The Balaban J connectivity index is 2.01. The van der Waals surface area contributed by atoms with Gasteiger partial charge in [-0.2, -0.15) is 5.10 Å². The molecular weight excluding hydrogens is 328 g/mol. The van der Waals surface area contributed by atoms with Crippen molar-refractivity contribution >= 4 is 5.96 Å². The van der Waals surface area contributed by atoms with Crippen LogP contribution in [0.5, 0.6) is 0 Å². The highest BCUT2D eigenvalue weighted by atomic mass is 16.4. The van der Waals surface area contributed by atoms with Crippen LogP contribution in [0.4, 0.5) is 0 Å². The van der Waals surface area contributed by atoms with Crippen molar-refractivity contribution in [1.82, 2.24) is 25.0 Å². The van der Waals surface area contributed by atoms with E-state index in [0.29, 0.717) is 18.4 Å². The maximum absolute atomic E-state index is 5.83. The van der Waals surface area contributed by atoms with E-state index in [1.807, 2.05) is 18.8 Å². The van der Waals surface area contributed by atoms with Gasteiger partial charge in [-0.05, 0) is 5.92 Å². The van der Waals surface area contributed by atoms with Crippen LogP contribution in [0.3, 0.4) is 0 Å². The van der Waals surface area contributed by atoms with Crippen LogP contribution in [-0.2, 0) is 25.6 Å². The Morgan fingerprint density at radius 1 is 1.38 bits per heavy atom. The van der Waals surface area contributed by atoms with Gasteiger partial charge in [-0.3, -0.25) is 9.67 Å². The number of hydrogen-bond acceptors (Lipinski definition) is 4. The Morgan fingerprint density at radius 2 is 2.08 bits per heavy atom. The van der Waals surface area contributed by atoms with Crippen molar-refractivity contribution < 1.29 is 4.42 Å². The first-order valence-corrected chi connectivity index (χ1v) is 9.01. The molecule has 1 N–H and O–H groups in total. The molecule has 0 bridgehead atoms. The van der Waals surface area contributed by atoms with Gasteiger partial charge in [0, 0.05) is 44.9 Å². The van der Waals surface area contributed by atoms with Crippen LogP contribution in [0.15, 0.2) is 21.8 Å². The van der Waals surface area contributed by atoms with Crippen molar-refractivity contribution in [1.29, 1.82) is 0 Å². The van der Waals surface area contributed by atoms with Crippen molar-refractivity contribution in [2.75, 3.05) is 14.1 Å². The molecule has 0 aliphatic rings. The van der Waals surface area contributed by atoms with Gasteiger partial charge in [0.1, 0.15) is 5.76 Å². The molecule has 144 valence electrons. The number of hydrogen-bond donors (Lipinski definition) is 1. The summed E-state index contributed by atoms with van der Waals surface area (Å²) in [5.74, 6) is 2.72. The van der Waals surface area contributed by atoms with E-state index in [1.165, 1.54) is 5.56 Å². The molecule has 2 rings (SSSR count). The molecule has 0 unspecified atom stereocenters. The molecule has 2 aromatic heterocycles. The predicted molar refractivity (Wildman–Crippen MR) is 104 cm³/mol. The number of guanidine groups is 1. The molecule has 0 amide bonds. The number of nitrogens with one attached hydrogen (secondary N) is 1. The highest BCUT2D eigenvalue weighted by Gasteiger charge is 2.20. The lowest BCUT2D eigenvalue weighted by Gasteiger charge is -2.22. The monoisotopic (exact) mass is 360 g/mol. The molecule has 2 heterocycles. The normalized spacial score (nSPS) is 12.7. The largest absolute Gasteiger partial charge is 0.443 e. The molecule has 2 aromatic rings. The van der Waals surface area contributed by atoms with Crippen molar-refractivity contribution in [2.45, 2.75) is 59.0 Å². The lowest BCUT2D eigenvalue weighted by Crippen LogP contribution is -2.38. The fourth-order valence-corrected chi connectivity index (χ4v) is 2.77. The summed E-state index contributed by atoms with van der Waals surface area (Å²) >= 11 is 0. The molecule has 0 spiro atoms. The Labute approximate surface area is 156 Å². The summed E-state index contributed by atoms with van der Waals surface area (Å²) in [4.78, 5) is 10.8. The maximum Gasteiger partial charge on any atom is 0.213 e. The average molecular weight is 361 g/mol. The smallest absolute Gasteiger partial charge is 0.213 e. The standard InChI is InChI=1S/C19H32N6O/c1-13(2)17-14(12-25(8)23-17)11-24(7)18(20-6)22-10-16-21-9-15(26-16)19(3,4)5/h9,12-13H,10-11H2,1-8H3,(H,20,22). The summed E-state index contributed by atoms with van der Waals surface area (Å²) in [5.41, 5.74) is 2.29. The van der Waals surface area contributed by atoms with Crippen LogP contribution >= 0.6 is 0 Å². The van der Waals surface area contributed by atoms with Crippen LogP contribution in [0.2, 0.25) is 0 Å². The molecule has 0 aliphatic heterocycles. The number of aryl methyl sites for hydroxylation is 1. The van der Waals surface area contributed by atoms with E-state index < -0.39 is 0 Å². The summed E-state index contributed by atoms with van der Waals surface area (Å²) in [6.07, 6.45) is 3.87. The fraction of sp³-hybridized carbons (Fsp3) is 0.632. The molecule has 0 aromatic carbocycles. The third-order valence-corrected chi connectivity index (χ3v) is 4.16. The Morgan fingerprint density at radius 3 is 2.62 bits per heavy atom. The highest BCUT2D eigenvalue weighted by Crippen LogP contribution is 2.22. The van der Waals surface area contributed by atoms with Gasteiger partial charge in [-0.15, -0.1) is 0 Å². The molecule has 0 aliphatic carbocycles. The van der Waals surface area contributed by atoms with Gasteiger partial charge in [0.25, 0.3) is 0 Å². The molecular formula is C19H32N6O. The summed E-state index contributed by atoms with van der Waals surface area (Å²) in [6.45, 7) is 11.9. The van der Waals surface area contributed by atoms with Gasteiger partial charge in [-0.25, -0.2) is 4.98 Å². The van der Waals surface area contributed by atoms with Crippen LogP contribution < -0.4 is 5.32 Å². The van der Waals surface area contributed by atoms with E-state index in [2.05, 4.69) is 66.1 Å². The fourth-order valence-electron chi connectivity index (χ4n) is 2.77. The number of rotatable bonds is 5. The Kier molecular flexibility index (Phi) is 6.10. The first kappa shape index (κ1) is 20.0. The van der Waals surface area contributed by atoms with E-state index in [-0.39, 0.29) is 5.41 Å². The highest BCUT2D eigenvalue weighted by molar-refractivity contribution is 5.79. The van der Waals surface area contributed by atoms with Crippen molar-refractivity contribution in [2.24, 2.45) is 12.0 Å². The first-order chi connectivity index (χ1) is 12.1. The summed E-state index contributed by atoms with van der Waals surface area (Å²) < 4.78 is 7.70. The second-order valence-electron chi connectivity index (χ2n) is 7.99. The van der Waals surface area contributed by atoms with Gasteiger partial charge in [0.15, 0.2) is 5.96 Å². The first-order valence-electron chi connectivity index (χ1n) is 9.01. The lowest BCUT2D eigenvalue weighted by molar-refractivity contribution is 0.376. The summed E-state index contributed by atoms with van der Waals surface area (Å²) in [7, 11) is 5.75. The molecule has 0 fully saturated rings. The second kappa shape index (κ2) is 7.93. The SMILES string of the molecule is CN=C(NCc1ncc(C(C)(C)C)o1)N(C)Cc1cn(C)nc1C(C)C. The van der Waals surface area contributed by atoms with Gasteiger partial charge in [0.05, 0.1) is 18.4 Å². The van der Waals surface area contributed by atoms with Crippen LogP contribution in [0, 0.1) is 0 Å².